The van der Waals surface area contributed by atoms with Crippen molar-refractivity contribution in [2.24, 2.45) is 11.8 Å². The van der Waals surface area contributed by atoms with E-state index in [4.69, 9.17) is 4.74 Å². The summed E-state index contributed by atoms with van der Waals surface area (Å²) in [5, 5.41) is 0. The fourth-order valence-corrected chi connectivity index (χ4v) is 4.68. The zero-order chi connectivity index (χ0) is 21.7. The van der Waals surface area contributed by atoms with Crippen LogP contribution in [0.3, 0.4) is 0 Å². The fraction of sp³-hybridized carbons (Fsp3) is 0.467. The third-order valence-electron chi connectivity index (χ3n) is 6.73. The van der Waals surface area contributed by atoms with Gasteiger partial charge in [-0.05, 0) is 73.6 Å². The molecule has 2 aromatic rings. The molecule has 0 N–H and O–H groups in total. The molecule has 0 saturated heterocycles. The van der Waals surface area contributed by atoms with E-state index in [1.165, 1.54) is 73.6 Å². The van der Waals surface area contributed by atoms with E-state index in [-0.39, 0.29) is 0 Å². The van der Waals surface area contributed by atoms with Crippen molar-refractivity contribution in [2.75, 3.05) is 6.61 Å². The number of hydrogen-bond donors (Lipinski definition) is 0. The number of hydrogen-bond acceptors (Lipinski definition) is 1. The van der Waals surface area contributed by atoms with Crippen molar-refractivity contribution in [3.05, 3.63) is 89.0 Å². The first kappa shape index (κ1) is 23.5. The van der Waals surface area contributed by atoms with Crippen LogP contribution in [0.15, 0.2) is 66.8 Å². The van der Waals surface area contributed by atoms with E-state index in [2.05, 4.69) is 67.6 Å². The Labute approximate surface area is 190 Å². The van der Waals surface area contributed by atoms with Gasteiger partial charge >= 0.3 is 0 Å². The molecule has 31 heavy (non-hydrogen) atoms. The molecule has 2 aromatic carbocycles. The van der Waals surface area contributed by atoms with Crippen LogP contribution in [0.2, 0.25) is 0 Å². The van der Waals surface area contributed by atoms with Crippen LogP contribution < -0.4 is 0 Å². The Morgan fingerprint density at radius 3 is 1.74 bits per heavy atom. The summed E-state index contributed by atoms with van der Waals surface area (Å²) < 4.78 is 5.64. The van der Waals surface area contributed by atoms with Crippen LogP contribution in [-0.2, 0) is 24.2 Å². The molecule has 0 amide bonds. The van der Waals surface area contributed by atoms with Gasteiger partial charge in [0.2, 0.25) is 0 Å². The molecule has 3 rings (SSSR count). The Morgan fingerprint density at radius 2 is 1.23 bits per heavy atom. The first-order valence-corrected chi connectivity index (χ1v) is 12.2. The molecule has 1 nitrogen and oxygen atoms in total. The minimum atomic E-state index is 0.698. The molecule has 0 unspecified atom stereocenters. The lowest BCUT2D eigenvalue weighted by Gasteiger charge is -2.28. The summed E-state index contributed by atoms with van der Waals surface area (Å²) in [4.78, 5) is 0. The Kier molecular flexibility index (Phi) is 10.1. The van der Waals surface area contributed by atoms with Crippen molar-refractivity contribution >= 4 is 6.08 Å². The average molecular weight is 417 g/mol. The fourth-order valence-electron chi connectivity index (χ4n) is 4.68. The topological polar surface area (TPSA) is 9.23 Å². The van der Waals surface area contributed by atoms with Gasteiger partial charge in [0, 0.05) is 0 Å². The van der Waals surface area contributed by atoms with Crippen molar-refractivity contribution < 1.29 is 4.74 Å². The summed E-state index contributed by atoms with van der Waals surface area (Å²) >= 11 is 0. The predicted octanol–water partition coefficient (Wildman–Crippen LogP) is 8.18. The van der Waals surface area contributed by atoms with Crippen molar-refractivity contribution in [3.8, 4) is 0 Å². The lowest BCUT2D eigenvalue weighted by molar-refractivity contribution is 0.148. The van der Waals surface area contributed by atoms with E-state index in [0.717, 1.165) is 11.8 Å². The molecule has 0 heterocycles. The van der Waals surface area contributed by atoms with E-state index >= 15 is 0 Å². The van der Waals surface area contributed by atoms with Crippen molar-refractivity contribution in [1.29, 1.82) is 0 Å². The maximum Gasteiger partial charge on any atom is 0.0721 e. The zero-order valence-electron chi connectivity index (χ0n) is 19.6. The van der Waals surface area contributed by atoms with Crippen LogP contribution in [0.4, 0.5) is 0 Å². The molecular formula is C30H40O. The quantitative estimate of drug-likeness (QED) is 0.265. The van der Waals surface area contributed by atoms with Gasteiger partial charge in [-0.2, -0.15) is 0 Å². The highest BCUT2D eigenvalue weighted by atomic mass is 16.5. The third-order valence-corrected chi connectivity index (χ3v) is 6.73. The van der Waals surface area contributed by atoms with Crippen molar-refractivity contribution in [2.45, 2.75) is 71.8 Å². The number of benzene rings is 2. The lowest BCUT2D eigenvalue weighted by atomic mass is 9.77. The normalized spacial score (nSPS) is 19.4. The maximum absolute atomic E-state index is 5.64. The summed E-state index contributed by atoms with van der Waals surface area (Å²) in [5.74, 6) is 1.84. The van der Waals surface area contributed by atoms with Crippen LogP contribution >= 0.6 is 0 Å². The smallest absolute Gasteiger partial charge is 0.0721 e. The minimum absolute atomic E-state index is 0.698. The second-order valence-electron chi connectivity index (χ2n) is 9.11. The number of aryl methyl sites for hydroxylation is 2. The first-order valence-electron chi connectivity index (χ1n) is 12.2. The number of ether oxygens (including phenoxy) is 1. The maximum atomic E-state index is 5.64. The molecule has 166 valence electrons. The summed E-state index contributed by atoms with van der Waals surface area (Å²) in [6, 6.07) is 18.1. The highest BCUT2D eigenvalue weighted by Crippen LogP contribution is 2.34. The van der Waals surface area contributed by atoms with Crippen molar-refractivity contribution in [3.63, 3.8) is 0 Å². The second-order valence-corrected chi connectivity index (χ2v) is 9.11. The largest absolute Gasteiger partial charge is 0.373 e. The number of allylic oxidation sites excluding steroid dienone is 2. The molecule has 0 bridgehead atoms. The van der Waals surface area contributed by atoms with E-state index in [9.17, 15) is 0 Å². The van der Waals surface area contributed by atoms with Gasteiger partial charge in [0.1, 0.15) is 0 Å². The summed E-state index contributed by atoms with van der Waals surface area (Å²) in [6.07, 6.45) is 19.2. The van der Waals surface area contributed by atoms with Gasteiger partial charge in [-0.15, -0.1) is 0 Å². The summed E-state index contributed by atoms with van der Waals surface area (Å²) in [6.45, 7) is 5.50. The van der Waals surface area contributed by atoms with E-state index in [1.54, 1.807) is 0 Å². The molecule has 0 atom stereocenters. The van der Waals surface area contributed by atoms with Gasteiger partial charge < -0.3 is 4.74 Å². The number of rotatable bonds is 11. The Bertz CT molecular complexity index is 789. The molecule has 1 fully saturated rings. The summed E-state index contributed by atoms with van der Waals surface area (Å²) in [5.41, 5.74) is 5.54. The molecule has 0 spiro atoms. The molecule has 1 aliphatic rings. The van der Waals surface area contributed by atoms with E-state index in [1.807, 2.05) is 19.1 Å². The molecular weight excluding hydrogens is 376 g/mol. The molecule has 0 radical (unpaired) electrons. The van der Waals surface area contributed by atoms with Gasteiger partial charge in [0.25, 0.3) is 0 Å². The third kappa shape index (κ3) is 8.50. The van der Waals surface area contributed by atoms with Crippen LogP contribution in [0, 0.1) is 11.8 Å². The molecule has 1 aliphatic carbocycles. The Balaban J connectivity index is 1.32. The second kappa shape index (κ2) is 13.3. The van der Waals surface area contributed by atoms with Crippen LogP contribution in [0.25, 0.3) is 6.08 Å². The van der Waals surface area contributed by atoms with Gasteiger partial charge in [0.15, 0.2) is 0 Å². The monoisotopic (exact) mass is 416 g/mol. The van der Waals surface area contributed by atoms with Crippen LogP contribution in [-0.4, -0.2) is 6.61 Å². The van der Waals surface area contributed by atoms with Crippen LogP contribution in [0.5, 0.6) is 0 Å². The predicted molar refractivity (Wildman–Crippen MR) is 134 cm³/mol. The first-order chi connectivity index (χ1) is 15.3. The van der Waals surface area contributed by atoms with Crippen LogP contribution in [0.1, 0.15) is 74.6 Å². The lowest BCUT2D eigenvalue weighted by Crippen LogP contribution is -2.15. The minimum Gasteiger partial charge on any atom is -0.373 e. The highest BCUT2D eigenvalue weighted by Gasteiger charge is 2.20. The van der Waals surface area contributed by atoms with E-state index < -0.39 is 0 Å². The molecule has 1 saturated carbocycles. The van der Waals surface area contributed by atoms with Gasteiger partial charge in [-0.25, -0.2) is 0 Å². The van der Waals surface area contributed by atoms with Crippen molar-refractivity contribution in [1.82, 2.24) is 0 Å². The molecule has 0 aromatic heterocycles. The summed E-state index contributed by atoms with van der Waals surface area (Å²) in [7, 11) is 0. The van der Waals surface area contributed by atoms with Gasteiger partial charge in [0.05, 0.1) is 13.2 Å². The van der Waals surface area contributed by atoms with Gasteiger partial charge in [-0.3, -0.25) is 0 Å². The standard InChI is InChI=1S/C30H40O/c1-3-5-23-31-24-30-21-19-29(20-22-30)18-17-28-15-13-27(14-16-28)12-11-26-9-7-25(6-4-2)8-10-26/h3-10,19-22,27-28H,11-18,23-24H2,1-2H3. The Hall–Kier alpha value is -2.12. The average Bonchev–Trinajstić information content (AvgIpc) is 2.82. The Morgan fingerprint density at radius 1 is 0.710 bits per heavy atom. The highest BCUT2D eigenvalue weighted by molar-refractivity contribution is 5.49. The molecule has 1 heteroatoms. The SMILES string of the molecule is CC=CCOCc1ccc(CCC2CCC(CCc3ccc(C=CC)cc3)CC2)cc1. The van der Waals surface area contributed by atoms with E-state index in [0.29, 0.717) is 13.2 Å². The zero-order valence-corrected chi connectivity index (χ0v) is 19.6. The van der Waals surface area contributed by atoms with Gasteiger partial charge in [-0.1, -0.05) is 98.5 Å². The molecule has 0 aliphatic heterocycles.